The van der Waals surface area contributed by atoms with Gasteiger partial charge in [0.2, 0.25) is 0 Å². The Balaban J connectivity index is 2.38. The highest BCUT2D eigenvalue weighted by molar-refractivity contribution is 5.95. The lowest BCUT2D eigenvalue weighted by Gasteiger charge is -2.06. The third-order valence-electron chi connectivity index (χ3n) is 2.68. The molecule has 2 aromatic carbocycles. The van der Waals surface area contributed by atoms with Gasteiger partial charge in [0.15, 0.2) is 11.6 Å². The van der Waals surface area contributed by atoms with E-state index >= 15 is 0 Å². The number of carbonyl (C=O) groups is 1. The Morgan fingerprint density at radius 1 is 1.20 bits per heavy atom. The number of rotatable bonds is 3. The minimum Gasteiger partial charge on any atom is -0.420 e. The van der Waals surface area contributed by atoms with E-state index in [1.54, 1.807) is 0 Å². The second-order valence-electron chi connectivity index (χ2n) is 4.05. The third kappa shape index (κ3) is 2.64. The van der Waals surface area contributed by atoms with Crippen molar-refractivity contribution in [1.29, 1.82) is 0 Å². The van der Waals surface area contributed by atoms with Crippen LogP contribution in [0.15, 0.2) is 42.5 Å². The van der Waals surface area contributed by atoms with Gasteiger partial charge in [0.05, 0.1) is 4.92 Å². The highest BCUT2D eigenvalue weighted by Crippen LogP contribution is 2.25. The number of hydrogen-bond acceptors (Lipinski definition) is 4. The predicted octanol–water partition coefficient (Wildman–Crippen LogP) is 3.26. The molecule has 0 N–H and O–H groups in total. The Labute approximate surface area is 113 Å². The number of aryl methyl sites for hydroxylation is 1. The molecule has 102 valence electrons. The highest BCUT2D eigenvalue weighted by atomic mass is 19.1. The maximum atomic E-state index is 13.4. The van der Waals surface area contributed by atoms with E-state index in [9.17, 15) is 19.3 Å². The number of nitrogens with zero attached hydrogens (tertiary/aromatic N) is 1. The number of nitro groups is 1. The van der Waals surface area contributed by atoms with E-state index in [0.29, 0.717) is 5.56 Å². The van der Waals surface area contributed by atoms with Gasteiger partial charge in [-0.05, 0) is 25.1 Å². The quantitative estimate of drug-likeness (QED) is 0.373. The van der Waals surface area contributed by atoms with Crippen LogP contribution in [-0.4, -0.2) is 10.9 Å². The first-order valence-corrected chi connectivity index (χ1v) is 5.71. The molecule has 0 fully saturated rings. The number of hydrogen-bond donors (Lipinski definition) is 0. The second-order valence-corrected chi connectivity index (χ2v) is 4.05. The molecular weight excluding hydrogens is 265 g/mol. The average molecular weight is 275 g/mol. The van der Waals surface area contributed by atoms with Crippen LogP contribution in [0.4, 0.5) is 10.1 Å². The molecule has 0 heterocycles. The van der Waals surface area contributed by atoms with Gasteiger partial charge in [-0.2, -0.15) is 0 Å². The third-order valence-corrected chi connectivity index (χ3v) is 2.68. The van der Waals surface area contributed by atoms with Crippen LogP contribution in [0.3, 0.4) is 0 Å². The van der Waals surface area contributed by atoms with Gasteiger partial charge in [-0.15, -0.1) is 0 Å². The molecule has 6 heteroatoms. The minimum atomic E-state index is -0.967. The SMILES string of the molecule is Cc1cccc(C(=O)Oc2ccccc2F)c1[N+](=O)[O-]. The van der Waals surface area contributed by atoms with Crippen LogP contribution in [0.1, 0.15) is 15.9 Å². The van der Waals surface area contributed by atoms with Crippen LogP contribution in [0.2, 0.25) is 0 Å². The maximum Gasteiger partial charge on any atom is 0.350 e. The molecule has 0 saturated heterocycles. The van der Waals surface area contributed by atoms with Crippen molar-refractivity contribution in [3.8, 4) is 5.75 Å². The fraction of sp³-hybridized carbons (Fsp3) is 0.0714. The first kappa shape index (κ1) is 13.7. The zero-order valence-corrected chi connectivity index (χ0v) is 10.5. The van der Waals surface area contributed by atoms with Crippen LogP contribution in [0.25, 0.3) is 0 Å². The van der Waals surface area contributed by atoms with Crippen molar-refractivity contribution in [2.75, 3.05) is 0 Å². The Bertz CT molecular complexity index is 685. The predicted molar refractivity (Wildman–Crippen MR) is 69.2 cm³/mol. The molecular formula is C14H10FNO4. The second kappa shape index (κ2) is 5.48. The van der Waals surface area contributed by atoms with Crippen LogP contribution in [0.5, 0.6) is 5.75 Å². The summed E-state index contributed by atoms with van der Waals surface area (Å²) in [6.07, 6.45) is 0. The molecule has 0 radical (unpaired) electrons. The van der Waals surface area contributed by atoms with Crippen LogP contribution in [-0.2, 0) is 0 Å². The first-order valence-electron chi connectivity index (χ1n) is 5.71. The van der Waals surface area contributed by atoms with Crippen molar-refractivity contribution in [2.24, 2.45) is 0 Å². The van der Waals surface area contributed by atoms with Gasteiger partial charge in [-0.25, -0.2) is 9.18 Å². The van der Waals surface area contributed by atoms with Gasteiger partial charge in [0, 0.05) is 5.56 Å². The Morgan fingerprint density at radius 3 is 2.55 bits per heavy atom. The normalized spacial score (nSPS) is 10.1. The molecule has 0 aliphatic heterocycles. The van der Waals surface area contributed by atoms with E-state index in [4.69, 9.17) is 4.74 Å². The summed E-state index contributed by atoms with van der Waals surface area (Å²) in [5.41, 5.74) is -0.218. The standard InChI is InChI=1S/C14H10FNO4/c1-9-5-4-6-10(13(9)16(18)19)14(17)20-12-8-3-2-7-11(12)15/h2-8H,1H3. The van der Waals surface area contributed by atoms with Crippen molar-refractivity contribution in [2.45, 2.75) is 6.92 Å². The van der Waals surface area contributed by atoms with Crippen molar-refractivity contribution in [3.63, 3.8) is 0 Å². The summed E-state index contributed by atoms with van der Waals surface area (Å²) >= 11 is 0. The largest absolute Gasteiger partial charge is 0.420 e. The van der Waals surface area contributed by atoms with E-state index in [2.05, 4.69) is 0 Å². The number of nitro benzene ring substituents is 1. The lowest BCUT2D eigenvalue weighted by molar-refractivity contribution is -0.385. The summed E-state index contributed by atoms with van der Waals surface area (Å²) < 4.78 is 18.3. The lowest BCUT2D eigenvalue weighted by atomic mass is 10.1. The van der Waals surface area contributed by atoms with Gasteiger partial charge in [-0.3, -0.25) is 10.1 Å². The van der Waals surface area contributed by atoms with Crippen molar-refractivity contribution >= 4 is 11.7 Å². The summed E-state index contributed by atoms with van der Waals surface area (Å²) in [5.74, 6) is -1.95. The first-order chi connectivity index (χ1) is 9.50. The van der Waals surface area contributed by atoms with Gasteiger partial charge < -0.3 is 4.74 Å². The van der Waals surface area contributed by atoms with Crippen molar-refractivity contribution < 1.29 is 18.8 Å². The minimum absolute atomic E-state index is 0.210. The molecule has 0 aliphatic rings. The average Bonchev–Trinajstić information content (AvgIpc) is 2.40. The zero-order valence-electron chi connectivity index (χ0n) is 10.5. The van der Waals surface area contributed by atoms with Gasteiger partial charge >= 0.3 is 5.97 Å². The molecule has 2 aromatic rings. The molecule has 0 spiro atoms. The number of halogens is 1. The van der Waals surface area contributed by atoms with E-state index in [1.165, 1.54) is 43.3 Å². The molecule has 0 bridgehead atoms. The Kier molecular flexibility index (Phi) is 3.74. The van der Waals surface area contributed by atoms with Crippen LogP contribution in [0, 0.1) is 22.9 Å². The monoisotopic (exact) mass is 275 g/mol. The topological polar surface area (TPSA) is 69.4 Å². The maximum absolute atomic E-state index is 13.4. The molecule has 0 aliphatic carbocycles. The molecule has 5 nitrogen and oxygen atoms in total. The van der Waals surface area contributed by atoms with E-state index < -0.39 is 16.7 Å². The lowest BCUT2D eigenvalue weighted by Crippen LogP contribution is -2.12. The highest BCUT2D eigenvalue weighted by Gasteiger charge is 2.24. The molecule has 20 heavy (non-hydrogen) atoms. The molecule has 0 saturated carbocycles. The summed E-state index contributed by atoms with van der Waals surface area (Å²) in [7, 11) is 0. The molecule has 0 amide bonds. The summed E-state index contributed by atoms with van der Waals surface area (Å²) in [5, 5.41) is 11.0. The number of ether oxygens (including phenoxy) is 1. The molecule has 0 aromatic heterocycles. The Hall–Kier alpha value is -2.76. The number of esters is 1. The van der Waals surface area contributed by atoms with Gasteiger partial charge in [-0.1, -0.05) is 24.3 Å². The smallest absolute Gasteiger partial charge is 0.350 e. The van der Waals surface area contributed by atoms with Crippen LogP contribution >= 0.6 is 0 Å². The summed E-state index contributed by atoms with van der Waals surface area (Å²) in [6.45, 7) is 1.51. The molecule has 2 rings (SSSR count). The van der Waals surface area contributed by atoms with E-state index in [1.807, 2.05) is 0 Å². The summed E-state index contributed by atoms with van der Waals surface area (Å²) in [6, 6.07) is 9.63. The summed E-state index contributed by atoms with van der Waals surface area (Å²) in [4.78, 5) is 22.3. The van der Waals surface area contributed by atoms with Gasteiger partial charge in [0.25, 0.3) is 5.69 Å². The zero-order chi connectivity index (χ0) is 14.7. The number of carbonyl (C=O) groups excluding carboxylic acids is 1. The fourth-order valence-corrected chi connectivity index (χ4v) is 1.75. The molecule has 0 atom stereocenters. The number of para-hydroxylation sites is 2. The van der Waals surface area contributed by atoms with E-state index in [0.717, 1.165) is 6.07 Å². The Morgan fingerprint density at radius 2 is 1.90 bits per heavy atom. The van der Waals surface area contributed by atoms with E-state index in [-0.39, 0.29) is 17.0 Å². The van der Waals surface area contributed by atoms with Crippen molar-refractivity contribution in [1.82, 2.24) is 0 Å². The van der Waals surface area contributed by atoms with Crippen LogP contribution < -0.4 is 4.74 Å². The van der Waals surface area contributed by atoms with Crippen molar-refractivity contribution in [3.05, 3.63) is 69.5 Å². The molecule has 0 unspecified atom stereocenters. The van der Waals surface area contributed by atoms with Gasteiger partial charge in [0.1, 0.15) is 5.56 Å². The number of benzene rings is 2. The fourth-order valence-electron chi connectivity index (χ4n) is 1.75.